The lowest BCUT2D eigenvalue weighted by Crippen LogP contribution is -2.55. The molecule has 0 bridgehead atoms. The monoisotopic (exact) mass is 270 g/mol. The largest absolute Gasteiger partial charge is 0.468 e. The van der Waals surface area contributed by atoms with Gasteiger partial charge in [-0.3, -0.25) is 9.69 Å². The highest BCUT2D eigenvalue weighted by Crippen LogP contribution is 2.27. The van der Waals surface area contributed by atoms with Crippen LogP contribution in [0.4, 0.5) is 0 Å². The topological polar surface area (TPSA) is 41.6 Å². The molecule has 0 radical (unpaired) electrons. The van der Waals surface area contributed by atoms with Gasteiger partial charge in [0.1, 0.15) is 5.54 Å². The Bertz CT molecular complexity index is 309. The first-order valence-electron chi connectivity index (χ1n) is 7.38. The molecule has 4 nitrogen and oxygen atoms in total. The van der Waals surface area contributed by atoms with E-state index in [1.165, 1.54) is 20.0 Å². The summed E-state index contributed by atoms with van der Waals surface area (Å²) in [5.74, 6) is 0.551. The maximum atomic E-state index is 11.9. The lowest BCUT2D eigenvalue weighted by molar-refractivity contribution is -0.148. The van der Waals surface area contributed by atoms with E-state index in [0.29, 0.717) is 12.1 Å². The van der Waals surface area contributed by atoms with Gasteiger partial charge in [0.2, 0.25) is 0 Å². The highest BCUT2D eigenvalue weighted by Gasteiger charge is 2.37. The average molecular weight is 270 g/mol. The Balaban J connectivity index is 2.71. The van der Waals surface area contributed by atoms with Gasteiger partial charge in [-0.15, -0.1) is 0 Å². The SMILES string of the molecule is CNC(C)(CC(C)N1CCCC(C)C1C)C(=O)OC. The molecule has 4 atom stereocenters. The number of likely N-dealkylation sites (N-methyl/N-ethyl adjacent to an activating group) is 1. The summed E-state index contributed by atoms with van der Waals surface area (Å²) < 4.78 is 4.92. The molecule has 0 spiro atoms. The Labute approximate surface area is 117 Å². The summed E-state index contributed by atoms with van der Waals surface area (Å²) >= 11 is 0. The zero-order valence-electron chi connectivity index (χ0n) is 13.3. The number of esters is 1. The molecule has 1 N–H and O–H groups in total. The third-order valence-corrected chi connectivity index (χ3v) is 4.88. The first kappa shape index (κ1) is 16.4. The van der Waals surface area contributed by atoms with Gasteiger partial charge < -0.3 is 10.1 Å². The fourth-order valence-electron chi connectivity index (χ4n) is 3.21. The van der Waals surface area contributed by atoms with Crippen molar-refractivity contribution in [3.63, 3.8) is 0 Å². The number of carbonyl (C=O) groups is 1. The summed E-state index contributed by atoms with van der Waals surface area (Å²) in [5, 5.41) is 3.12. The molecule has 0 aromatic heterocycles. The number of nitrogens with one attached hydrogen (secondary N) is 1. The Morgan fingerprint density at radius 3 is 2.68 bits per heavy atom. The van der Waals surface area contributed by atoms with Crippen molar-refractivity contribution in [1.29, 1.82) is 0 Å². The molecule has 1 rings (SSSR count). The van der Waals surface area contributed by atoms with Gasteiger partial charge in [-0.2, -0.15) is 0 Å². The molecule has 0 aliphatic carbocycles. The molecule has 19 heavy (non-hydrogen) atoms. The van der Waals surface area contributed by atoms with Crippen LogP contribution in [0, 0.1) is 5.92 Å². The number of likely N-dealkylation sites (tertiary alicyclic amines) is 1. The van der Waals surface area contributed by atoms with Crippen molar-refractivity contribution in [2.45, 2.75) is 64.6 Å². The van der Waals surface area contributed by atoms with Crippen molar-refractivity contribution < 1.29 is 9.53 Å². The van der Waals surface area contributed by atoms with Crippen molar-refractivity contribution in [2.75, 3.05) is 20.7 Å². The van der Waals surface area contributed by atoms with Crippen LogP contribution in [0.1, 0.15) is 47.0 Å². The minimum Gasteiger partial charge on any atom is -0.468 e. The standard InChI is InChI=1S/C15H30N2O2/c1-11-8-7-9-17(13(11)3)12(2)10-15(4,16-5)14(18)19-6/h11-13,16H,7-10H2,1-6H3. The molecule has 1 aliphatic rings. The predicted octanol–water partition coefficient (Wildman–Crippen LogP) is 2.04. The van der Waals surface area contributed by atoms with Crippen LogP contribution in [-0.2, 0) is 9.53 Å². The molecule has 112 valence electrons. The van der Waals surface area contributed by atoms with Crippen LogP contribution < -0.4 is 5.32 Å². The zero-order valence-corrected chi connectivity index (χ0v) is 13.3. The van der Waals surface area contributed by atoms with Crippen LogP contribution in [0.25, 0.3) is 0 Å². The Hall–Kier alpha value is -0.610. The van der Waals surface area contributed by atoms with E-state index in [0.717, 1.165) is 18.9 Å². The van der Waals surface area contributed by atoms with Crippen LogP contribution in [0.5, 0.6) is 0 Å². The molecule has 0 amide bonds. The Morgan fingerprint density at radius 1 is 1.53 bits per heavy atom. The number of hydrogen-bond donors (Lipinski definition) is 1. The number of rotatable bonds is 5. The third kappa shape index (κ3) is 3.69. The molecule has 0 aromatic rings. The number of piperidine rings is 1. The summed E-state index contributed by atoms with van der Waals surface area (Å²) in [7, 11) is 3.28. The van der Waals surface area contributed by atoms with Crippen molar-refractivity contribution in [3.05, 3.63) is 0 Å². The van der Waals surface area contributed by atoms with Crippen LogP contribution in [0.15, 0.2) is 0 Å². The molecule has 0 aromatic carbocycles. The number of carbonyl (C=O) groups excluding carboxylic acids is 1. The van der Waals surface area contributed by atoms with Gasteiger partial charge in [-0.05, 0) is 59.5 Å². The van der Waals surface area contributed by atoms with Gasteiger partial charge in [-0.1, -0.05) is 6.92 Å². The van der Waals surface area contributed by atoms with Crippen molar-refractivity contribution in [2.24, 2.45) is 5.92 Å². The minimum absolute atomic E-state index is 0.181. The summed E-state index contributed by atoms with van der Waals surface area (Å²) in [4.78, 5) is 14.5. The van der Waals surface area contributed by atoms with E-state index in [4.69, 9.17) is 4.74 Å². The van der Waals surface area contributed by atoms with Gasteiger partial charge in [0.05, 0.1) is 7.11 Å². The van der Waals surface area contributed by atoms with E-state index in [9.17, 15) is 4.79 Å². The zero-order chi connectivity index (χ0) is 14.6. The summed E-state index contributed by atoms with van der Waals surface area (Å²) in [5.41, 5.74) is -0.603. The summed E-state index contributed by atoms with van der Waals surface area (Å²) in [6.45, 7) is 9.89. The van der Waals surface area contributed by atoms with Gasteiger partial charge in [0.15, 0.2) is 0 Å². The quantitative estimate of drug-likeness (QED) is 0.776. The second kappa shape index (κ2) is 6.71. The summed E-state index contributed by atoms with van der Waals surface area (Å²) in [6.07, 6.45) is 3.34. The molecule has 4 heteroatoms. The molecule has 1 fully saturated rings. The Kier molecular flexibility index (Phi) is 5.81. The van der Waals surface area contributed by atoms with E-state index in [-0.39, 0.29) is 5.97 Å². The predicted molar refractivity (Wildman–Crippen MR) is 78.1 cm³/mol. The number of methoxy groups -OCH3 is 1. The molecule has 1 saturated heterocycles. The number of ether oxygens (including phenoxy) is 1. The van der Waals surface area contributed by atoms with E-state index >= 15 is 0 Å². The second-order valence-corrected chi connectivity index (χ2v) is 6.22. The van der Waals surface area contributed by atoms with Crippen LogP contribution in [0.2, 0.25) is 0 Å². The molecule has 0 saturated carbocycles. The van der Waals surface area contributed by atoms with E-state index < -0.39 is 5.54 Å². The van der Waals surface area contributed by atoms with Crippen LogP contribution in [0.3, 0.4) is 0 Å². The van der Waals surface area contributed by atoms with E-state index in [1.54, 1.807) is 0 Å². The third-order valence-electron chi connectivity index (χ3n) is 4.88. The van der Waals surface area contributed by atoms with E-state index in [1.807, 2.05) is 14.0 Å². The van der Waals surface area contributed by atoms with Crippen molar-refractivity contribution in [1.82, 2.24) is 10.2 Å². The fraction of sp³-hybridized carbons (Fsp3) is 0.933. The van der Waals surface area contributed by atoms with Crippen molar-refractivity contribution in [3.8, 4) is 0 Å². The van der Waals surface area contributed by atoms with Gasteiger partial charge in [0, 0.05) is 12.1 Å². The van der Waals surface area contributed by atoms with E-state index in [2.05, 4.69) is 31.0 Å². The first-order chi connectivity index (χ1) is 8.85. The van der Waals surface area contributed by atoms with Crippen molar-refractivity contribution >= 4 is 5.97 Å². The van der Waals surface area contributed by atoms with Gasteiger partial charge in [0.25, 0.3) is 0 Å². The highest BCUT2D eigenvalue weighted by atomic mass is 16.5. The molecule has 1 aliphatic heterocycles. The number of hydrogen-bond acceptors (Lipinski definition) is 4. The maximum Gasteiger partial charge on any atom is 0.325 e. The summed E-state index contributed by atoms with van der Waals surface area (Å²) in [6, 6.07) is 0.955. The smallest absolute Gasteiger partial charge is 0.325 e. The maximum absolute atomic E-state index is 11.9. The number of nitrogens with zero attached hydrogens (tertiary/aromatic N) is 1. The van der Waals surface area contributed by atoms with Crippen LogP contribution >= 0.6 is 0 Å². The normalized spacial score (nSPS) is 29.6. The Morgan fingerprint density at radius 2 is 2.16 bits per heavy atom. The molecule has 4 unspecified atom stereocenters. The second-order valence-electron chi connectivity index (χ2n) is 6.22. The first-order valence-corrected chi connectivity index (χ1v) is 7.38. The molecule has 1 heterocycles. The van der Waals surface area contributed by atoms with Gasteiger partial charge in [-0.25, -0.2) is 0 Å². The van der Waals surface area contributed by atoms with Crippen LogP contribution in [-0.4, -0.2) is 49.2 Å². The lowest BCUT2D eigenvalue weighted by Gasteiger charge is -2.43. The lowest BCUT2D eigenvalue weighted by atomic mass is 9.87. The molecular weight excluding hydrogens is 240 g/mol. The molecular formula is C15H30N2O2. The fourth-order valence-corrected chi connectivity index (χ4v) is 3.21. The highest BCUT2D eigenvalue weighted by molar-refractivity contribution is 5.80. The average Bonchev–Trinajstić information content (AvgIpc) is 2.40. The minimum atomic E-state index is -0.603. The van der Waals surface area contributed by atoms with Gasteiger partial charge >= 0.3 is 5.97 Å².